The van der Waals surface area contributed by atoms with Crippen molar-refractivity contribution in [1.29, 1.82) is 0 Å². The number of halogens is 1. The molecular formula is C11H16BrNO. The Balaban J connectivity index is 2.39. The first kappa shape index (κ1) is 11.5. The van der Waals surface area contributed by atoms with Gasteiger partial charge in [-0.05, 0) is 34.8 Å². The van der Waals surface area contributed by atoms with Gasteiger partial charge in [0.15, 0.2) is 0 Å². The van der Waals surface area contributed by atoms with E-state index in [0.29, 0.717) is 0 Å². The molecule has 1 rings (SSSR count). The normalized spacial score (nSPS) is 10.2. The Morgan fingerprint density at radius 1 is 1.43 bits per heavy atom. The van der Waals surface area contributed by atoms with Gasteiger partial charge in [-0.2, -0.15) is 0 Å². The van der Waals surface area contributed by atoms with Crippen LogP contribution in [-0.4, -0.2) is 11.6 Å². The van der Waals surface area contributed by atoms with E-state index in [9.17, 15) is 0 Å². The lowest BCUT2D eigenvalue weighted by atomic mass is 10.3. The summed E-state index contributed by atoms with van der Waals surface area (Å²) in [6.07, 6.45) is 5.32. The standard InChI is InChI=1S/C11H16BrNO/c1-3-4-5-6-14-11-7-9(2)10(12)8-13-11/h7-8H,3-6H2,1-2H3. The molecule has 0 fully saturated rings. The Labute approximate surface area is 93.8 Å². The molecule has 0 saturated carbocycles. The number of hydrogen-bond acceptors (Lipinski definition) is 2. The highest BCUT2D eigenvalue weighted by atomic mass is 79.9. The minimum atomic E-state index is 0.724. The first-order valence-electron chi connectivity index (χ1n) is 4.99. The van der Waals surface area contributed by atoms with Crippen LogP contribution in [0.25, 0.3) is 0 Å². The summed E-state index contributed by atoms with van der Waals surface area (Å²) in [7, 11) is 0. The minimum Gasteiger partial charge on any atom is -0.478 e. The van der Waals surface area contributed by atoms with Gasteiger partial charge in [0.25, 0.3) is 0 Å². The Hall–Kier alpha value is -0.570. The molecule has 0 aliphatic carbocycles. The largest absolute Gasteiger partial charge is 0.478 e. The van der Waals surface area contributed by atoms with Crippen LogP contribution in [0.1, 0.15) is 31.7 Å². The molecule has 0 aliphatic heterocycles. The van der Waals surface area contributed by atoms with Crippen LogP contribution in [0.2, 0.25) is 0 Å². The average Bonchev–Trinajstić information content (AvgIpc) is 2.18. The maximum absolute atomic E-state index is 5.51. The molecule has 14 heavy (non-hydrogen) atoms. The molecule has 2 nitrogen and oxygen atoms in total. The monoisotopic (exact) mass is 257 g/mol. The van der Waals surface area contributed by atoms with Crippen LogP contribution in [0.15, 0.2) is 16.7 Å². The molecule has 1 heterocycles. The smallest absolute Gasteiger partial charge is 0.213 e. The zero-order valence-corrected chi connectivity index (χ0v) is 10.3. The number of aromatic nitrogens is 1. The van der Waals surface area contributed by atoms with Crippen LogP contribution in [-0.2, 0) is 0 Å². The molecule has 0 unspecified atom stereocenters. The second-order valence-corrected chi connectivity index (χ2v) is 4.18. The highest BCUT2D eigenvalue weighted by molar-refractivity contribution is 9.10. The maximum Gasteiger partial charge on any atom is 0.213 e. The van der Waals surface area contributed by atoms with Crippen molar-refractivity contribution in [2.75, 3.05) is 6.61 Å². The number of unbranched alkanes of at least 4 members (excludes halogenated alkanes) is 2. The quantitative estimate of drug-likeness (QED) is 0.751. The second-order valence-electron chi connectivity index (χ2n) is 3.33. The molecule has 0 spiro atoms. The summed E-state index contributed by atoms with van der Waals surface area (Å²) in [5.41, 5.74) is 1.16. The van der Waals surface area contributed by atoms with E-state index in [-0.39, 0.29) is 0 Å². The number of aryl methyl sites for hydroxylation is 1. The molecule has 0 saturated heterocycles. The van der Waals surface area contributed by atoms with Crippen molar-refractivity contribution >= 4 is 15.9 Å². The van der Waals surface area contributed by atoms with E-state index in [0.717, 1.165) is 28.9 Å². The molecule has 0 amide bonds. The predicted octanol–water partition coefficient (Wildman–Crippen LogP) is 3.72. The van der Waals surface area contributed by atoms with E-state index in [2.05, 4.69) is 27.8 Å². The summed E-state index contributed by atoms with van der Waals surface area (Å²) in [6.45, 7) is 4.98. The maximum atomic E-state index is 5.51. The molecule has 1 aromatic rings. The minimum absolute atomic E-state index is 0.724. The summed E-state index contributed by atoms with van der Waals surface area (Å²) >= 11 is 3.40. The number of pyridine rings is 1. The molecule has 0 radical (unpaired) electrons. The van der Waals surface area contributed by atoms with Gasteiger partial charge in [0.1, 0.15) is 0 Å². The van der Waals surface area contributed by atoms with Gasteiger partial charge in [0.05, 0.1) is 6.61 Å². The molecule has 1 aromatic heterocycles. The number of rotatable bonds is 5. The van der Waals surface area contributed by atoms with Crippen molar-refractivity contribution in [3.63, 3.8) is 0 Å². The van der Waals surface area contributed by atoms with Gasteiger partial charge >= 0.3 is 0 Å². The third kappa shape index (κ3) is 3.66. The molecule has 0 aromatic carbocycles. The Morgan fingerprint density at radius 2 is 2.21 bits per heavy atom. The number of hydrogen-bond donors (Lipinski definition) is 0. The van der Waals surface area contributed by atoms with Crippen molar-refractivity contribution in [3.8, 4) is 5.88 Å². The van der Waals surface area contributed by atoms with Crippen LogP contribution >= 0.6 is 15.9 Å². The average molecular weight is 258 g/mol. The fraction of sp³-hybridized carbons (Fsp3) is 0.545. The van der Waals surface area contributed by atoms with Crippen molar-refractivity contribution in [1.82, 2.24) is 4.98 Å². The Morgan fingerprint density at radius 3 is 2.86 bits per heavy atom. The first-order chi connectivity index (χ1) is 6.74. The van der Waals surface area contributed by atoms with E-state index in [1.54, 1.807) is 6.20 Å². The van der Waals surface area contributed by atoms with Gasteiger partial charge in [-0.1, -0.05) is 19.8 Å². The van der Waals surface area contributed by atoms with Crippen LogP contribution < -0.4 is 4.74 Å². The van der Waals surface area contributed by atoms with Gasteiger partial charge in [-0.25, -0.2) is 4.98 Å². The van der Waals surface area contributed by atoms with Gasteiger partial charge in [-0.3, -0.25) is 0 Å². The predicted molar refractivity (Wildman–Crippen MR) is 61.7 cm³/mol. The SMILES string of the molecule is CCCCCOc1cc(C)c(Br)cn1. The molecule has 0 aliphatic rings. The van der Waals surface area contributed by atoms with Gasteiger partial charge < -0.3 is 4.74 Å². The second kappa shape index (κ2) is 6.02. The Bertz CT molecular complexity index is 289. The zero-order valence-electron chi connectivity index (χ0n) is 8.72. The lowest BCUT2D eigenvalue weighted by Crippen LogP contribution is -1.99. The highest BCUT2D eigenvalue weighted by Gasteiger charge is 1.99. The fourth-order valence-electron chi connectivity index (χ4n) is 1.12. The molecule has 0 N–H and O–H groups in total. The lowest BCUT2D eigenvalue weighted by Gasteiger charge is -2.05. The van der Waals surface area contributed by atoms with Crippen LogP contribution in [0.5, 0.6) is 5.88 Å². The van der Waals surface area contributed by atoms with Crippen LogP contribution in [0.4, 0.5) is 0 Å². The zero-order chi connectivity index (χ0) is 10.4. The third-order valence-electron chi connectivity index (χ3n) is 2.02. The van der Waals surface area contributed by atoms with E-state index in [1.165, 1.54) is 12.8 Å². The van der Waals surface area contributed by atoms with Crippen LogP contribution in [0, 0.1) is 6.92 Å². The summed E-state index contributed by atoms with van der Waals surface area (Å²) in [6, 6.07) is 1.95. The summed E-state index contributed by atoms with van der Waals surface area (Å²) < 4.78 is 6.54. The highest BCUT2D eigenvalue weighted by Crippen LogP contribution is 2.18. The van der Waals surface area contributed by atoms with Crippen LogP contribution in [0.3, 0.4) is 0 Å². The molecule has 3 heteroatoms. The van der Waals surface area contributed by atoms with E-state index in [4.69, 9.17) is 4.74 Å². The van der Waals surface area contributed by atoms with Gasteiger partial charge in [-0.15, -0.1) is 0 Å². The van der Waals surface area contributed by atoms with Crippen molar-refractivity contribution in [2.24, 2.45) is 0 Å². The molecule has 0 atom stereocenters. The Kier molecular flexibility index (Phi) is 4.94. The fourth-order valence-corrected chi connectivity index (χ4v) is 1.34. The molecular weight excluding hydrogens is 242 g/mol. The van der Waals surface area contributed by atoms with Crippen molar-refractivity contribution in [3.05, 3.63) is 22.3 Å². The summed E-state index contributed by atoms with van der Waals surface area (Å²) in [5.74, 6) is 0.724. The molecule has 78 valence electrons. The lowest BCUT2D eigenvalue weighted by molar-refractivity contribution is 0.294. The number of nitrogens with zero attached hydrogens (tertiary/aromatic N) is 1. The topological polar surface area (TPSA) is 22.1 Å². The first-order valence-corrected chi connectivity index (χ1v) is 5.78. The van der Waals surface area contributed by atoms with E-state index in [1.807, 2.05) is 13.0 Å². The summed E-state index contributed by atoms with van der Waals surface area (Å²) in [5, 5.41) is 0. The number of ether oxygens (including phenoxy) is 1. The van der Waals surface area contributed by atoms with Crippen molar-refractivity contribution in [2.45, 2.75) is 33.1 Å². The van der Waals surface area contributed by atoms with E-state index >= 15 is 0 Å². The summed E-state index contributed by atoms with van der Waals surface area (Å²) in [4.78, 5) is 4.17. The third-order valence-corrected chi connectivity index (χ3v) is 2.85. The van der Waals surface area contributed by atoms with Crippen molar-refractivity contribution < 1.29 is 4.74 Å². The van der Waals surface area contributed by atoms with Gasteiger partial charge in [0, 0.05) is 16.7 Å². The molecule has 0 bridgehead atoms. The van der Waals surface area contributed by atoms with Gasteiger partial charge in [0.2, 0.25) is 5.88 Å². The van der Waals surface area contributed by atoms with E-state index < -0.39 is 0 Å².